The quantitative estimate of drug-likeness (QED) is 0.538. The summed E-state index contributed by atoms with van der Waals surface area (Å²) in [6, 6.07) is 0. The number of aliphatic hydroxyl groups excluding tert-OH is 2. The molecule has 0 aromatic rings. The molecular weight excluding hydrogens is 128 g/mol. The molecule has 1 aliphatic rings. The van der Waals surface area contributed by atoms with Gasteiger partial charge in [0.15, 0.2) is 0 Å². The molecule has 0 bridgehead atoms. The van der Waals surface area contributed by atoms with E-state index in [0.717, 1.165) is 0 Å². The van der Waals surface area contributed by atoms with Crippen LogP contribution in [-0.4, -0.2) is 10.2 Å². The van der Waals surface area contributed by atoms with Gasteiger partial charge in [-0.25, -0.2) is 0 Å². The Kier molecular flexibility index (Phi) is 1.53. The summed E-state index contributed by atoms with van der Waals surface area (Å²) in [6.07, 6.45) is 2.92. The van der Waals surface area contributed by atoms with E-state index in [2.05, 4.69) is 6.58 Å². The average Bonchev–Trinajstić information content (AvgIpc) is 1.93. The Bertz CT molecular complexity index is 221. The van der Waals surface area contributed by atoms with E-state index in [-0.39, 0.29) is 17.4 Å². The first-order valence-electron chi connectivity index (χ1n) is 3.12. The first-order chi connectivity index (χ1) is 4.63. The summed E-state index contributed by atoms with van der Waals surface area (Å²) in [5.74, 6) is 0.262. The van der Waals surface area contributed by atoms with Gasteiger partial charge in [-0.1, -0.05) is 13.5 Å². The van der Waals surface area contributed by atoms with Crippen LogP contribution in [0.15, 0.2) is 35.8 Å². The zero-order valence-electron chi connectivity index (χ0n) is 5.83. The molecule has 0 amide bonds. The van der Waals surface area contributed by atoms with Crippen molar-refractivity contribution in [2.45, 2.75) is 6.92 Å². The molecule has 0 aliphatic heterocycles. The fourth-order valence-corrected chi connectivity index (χ4v) is 0.816. The molecular formula is C8H10O2. The standard InChI is InChI=1S/C8H10O2/c1-5-6(2)8(10)4-3-7(5)9/h3-4,6,9-10H,1H2,2H3. The molecule has 2 nitrogen and oxygen atoms in total. The van der Waals surface area contributed by atoms with Gasteiger partial charge >= 0.3 is 0 Å². The van der Waals surface area contributed by atoms with Gasteiger partial charge in [-0.15, -0.1) is 0 Å². The van der Waals surface area contributed by atoms with E-state index in [1.807, 2.05) is 0 Å². The Hall–Kier alpha value is -1.18. The van der Waals surface area contributed by atoms with Crippen molar-refractivity contribution >= 4 is 0 Å². The van der Waals surface area contributed by atoms with Crippen LogP contribution in [0.1, 0.15) is 6.92 Å². The molecule has 1 aliphatic carbocycles. The predicted molar refractivity (Wildman–Crippen MR) is 39.7 cm³/mol. The fraction of sp³-hybridized carbons (Fsp3) is 0.250. The van der Waals surface area contributed by atoms with Gasteiger partial charge in [0.05, 0.1) is 5.76 Å². The normalized spacial score (nSPS) is 25.7. The molecule has 1 atom stereocenters. The number of allylic oxidation sites excluding steroid dienone is 4. The molecule has 0 saturated heterocycles. The zero-order chi connectivity index (χ0) is 7.72. The highest BCUT2D eigenvalue weighted by molar-refractivity contribution is 5.36. The largest absolute Gasteiger partial charge is 0.512 e. The summed E-state index contributed by atoms with van der Waals surface area (Å²) in [6.45, 7) is 5.40. The molecule has 0 spiro atoms. The summed E-state index contributed by atoms with van der Waals surface area (Å²) in [5.41, 5.74) is 0.569. The van der Waals surface area contributed by atoms with Gasteiger partial charge in [-0.05, 0) is 17.7 Å². The first kappa shape index (κ1) is 6.93. The smallest absolute Gasteiger partial charge is 0.119 e. The molecule has 54 valence electrons. The lowest BCUT2D eigenvalue weighted by atomic mass is 9.95. The minimum Gasteiger partial charge on any atom is -0.512 e. The van der Waals surface area contributed by atoms with Crippen molar-refractivity contribution < 1.29 is 10.2 Å². The molecule has 1 unspecified atom stereocenters. The van der Waals surface area contributed by atoms with Crippen molar-refractivity contribution in [1.82, 2.24) is 0 Å². The molecule has 0 heterocycles. The van der Waals surface area contributed by atoms with Gasteiger partial charge < -0.3 is 10.2 Å². The van der Waals surface area contributed by atoms with Crippen molar-refractivity contribution in [3.8, 4) is 0 Å². The first-order valence-corrected chi connectivity index (χ1v) is 3.12. The lowest BCUT2D eigenvalue weighted by molar-refractivity contribution is 0.337. The van der Waals surface area contributed by atoms with Crippen molar-refractivity contribution in [2.24, 2.45) is 5.92 Å². The van der Waals surface area contributed by atoms with Crippen molar-refractivity contribution in [1.29, 1.82) is 0 Å². The molecule has 0 saturated carbocycles. The minimum absolute atomic E-state index is 0.148. The van der Waals surface area contributed by atoms with Gasteiger partial charge in [-0.2, -0.15) is 0 Å². The Morgan fingerprint density at radius 2 is 2.00 bits per heavy atom. The van der Waals surface area contributed by atoms with Gasteiger partial charge in [-0.3, -0.25) is 0 Å². The van der Waals surface area contributed by atoms with Crippen LogP contribution in [0.5, 0.6) is 0 Å². The minimum atomic E-state index is -0.148. The summed E-state index contributed by atoms with van der Waals surface area (Å²) < 4.78 is 0. The third kappa shape index (κ3) is 0.923. The summed E-state index contributed by atoms with van der Waals surface area (Å²) in [4.78, 5) is 0. The van der Waals surface area contributed by atoms with E-state index in [1.165, 1.54) is 12.2 Å². The zero-order valence-corrected chi connectivity index (χ0v) is 5.83. The van der Waals surface area contributed by atoms with Crippen molar-refractivity contribution in [3.63, 3.8) is 0 Å². The van der Waals surface area contributed by atoms with Crippen LogP contribution >= 0.6 is 0 Å². The summed E-state index contributed by atoms with van der Waals surface area (Å²) in [5, 5.41) is 18.2. The number of rotatable bonds is 0. The lowest BCUT2D eigenvalue weighted by Crippen LogP contribution is -2.07. The maximum atomic E-state index is 9.11. The highest BCUT2D eigenvalue weighted by atomic mass is 16.3. The van der Waals surface area contributed by atoms with E-state index in [1.54, 1.807) is 6.92 Å². The third-order valence-corrected chi connectivity index (χ3v) is 1.71. The van der Waals surface area contributed by atoms with Crippen LogP contribution in [0.4, 0.5) is 0 Å². The predicted octanol–water partition coefficient (Wildman–Crippen LogP) is 2.08. The van der Waals surface area contributed by atoms with Gasteiger partial charge in [0, 0.05) is 5.92 Å². The van der Waals surface area contributed by atoms with Crippen LogP contribution in [0.2, 0.25) is 0 Å². The monoisotopic (exact) mass is 138 g/mol. The molecule has 2 heteroatoms. The van der Waals surface area contributed by atoms with E-state index in [4.69, 9.17) is 10.2 Å². The van der Waals surface area contributed by atoms with E-state index >= 15 is 0 Å². The second kappa shape index (κ2) is 2.21. The number of hydrogen-bond acceptors (Lipinski definition) is 2. The topological polar surface area (TPSA) is 40.5 Å². The maximum Gasteiger partial charge on any atom is 0.119 e. The second-order valence-corrected chi connectivity index (χ2v) is 2.39. The Morgan fingerprint density at radius 3 is 2.50 bits per heavy atom. The third-order valence-electron chi connectivity index (χ3n) is 1.71. The van der Waals surface area contributed by atoms with Crippen LogP contribution in [-0.2, 0) is 0 Å². The Balaban J connectivity index is 2.97. The molecule has 0 aromatic heterocycles. The van der Waals surface area contributed by atoms with Crippen LogP contribution in [0.25, 0.3) is 0 Å². The SMILES string of the molecule is C=C1C(O)=CC=C(O)C1C. The second-order valence-electron chi connectivity index (χ2n) is 2.39. The van der Waals surface area contributed by atoms with Crippen LogP contribution in [0, 0.1) is 5.92 Å². The lowest BCUT2D eigenvalue weighted by Gasteiger charge is -2.16. The Labute approximate surface area is 59.8 Å². The van der Waals surface area contributed by atoms with Crippen LogP contribution < -0.4 is 0 Å². The van der Waals surface area contributed by atoms with Crippen LogP contribution in [0.3, 0.4) is 0 Å². The maximum absolute atomic E-state index is 9.11. The number of aliphatic hydroxyl groups is 2. The molecule has 0 radical (unpaired) electrons. The van der Waals surface area contributed by atoms with Gasteiger partial charge in [0.2, 0.25) is 0 Å². The average molecular weight is 138 g/mol. The number of hydrogen-bond donors (Lipinski definition) is 2. The van der Waals surface area contributed by atoms with Crippen molar-refractivity contribution in [2.75, 3.05) is 0 Å². The summed E-state index contributed by atoms with van der Waals surface area (Å²) in [7, 11) is 0. The highest BCUT2D eigenvalue weighted by Gasteiger charge is 2.17. The highest BCUT2D eigenvalue weighted by Crippen LogP contribution is 2.25. The fourth-order valence-electron chi connectivity index (χ4n) is 0.816. The summed E-state index contributed by atoms with van der Waals surface area (Å²) >= 11 is 0. The molecule has 0 fully saturated rings. The van der Waals surface area contributed by atoms with Gasteiger partial charge in [0.1, 0.15) is 5.76 Å². The molecule has 10 heavy (non-hydrogen) atoms. The Morgan fingerprint density at radius 1 is 1.40 bits per heavy atom. The van der Waals surface area contributed by atoms with E-state index in [9.17, 15) is 0 Å². The van der Waals surface area contributed by atoms with Crippen molar-refractivity contribution in [3.05, 3.63) is 35.8 Å². The van der Waals surface area contributed by atoms with Gasteiger partial charge in [0.25, 0.3) is 0 Å². The molecule has 1 rings (SSSR count). The molecule has 2 N–H and O–H groups in total. The molecule has 0 aromatic carbocycles. The van der Waals surface area contributed by atoms with E-state index in [0.29, 0.717) is 5.57 Å². The van der Waals surface area contributed by atoms with E-state index < -0.39 is 0 Å².